The van der Waals surface area contributed by atoms with Gasteiger partial charge in [0.15, 0.2) is 0 Å². The van der Waals surface area contributed by atoms with E-state index in [-0.39, 0.29) is 18.5 Å². The summed E-state index contributed by atoms with van der Waals surface area (Å²) in [6.07, 6.45) is 6.69. The zero-order valence-electron chi connectivity index (χ0n) is 10.6. The number of hydrogen-bond donors (Lipinski definition) is 2. The van der Waals surface area contributed by atoms with Crippen molar-refractivity contribution in [1.82, 2.24) is 10.3 Å². The van der Waals surface area contributed by atoms with Gasteiger partial charge in [0.1, 0.15) is 6.04 Å². The van der Waals surface area contributed by atoms with Crippen molar-refractivity contribution < 1.29 is 9.53 Å². The van der Waals surface area contributed by atoms with E-state index in [2.05, 4.69) is 21.5 Å². The van der Waals surface area contributed by atoms with Crippen LogP contribution in [0.25, 0.3) is 0 Å². The maximum atomic E-state index is 11.6. The molecule has 2 N–H and O–H groups in total. The molecular weight excluding hydrogens is 230 g/mol. The fourth-order valence-corrected chi connectivity index (χ4v) is 1.31. The molecule has 0 saturated heterocycles. The highest BCUT2D eigenvalue weighted by atomic mass is 16.5. The van der Waals surface area contributed by atoms with Crippen molar-refractivity contribution in [3.63, 3.8) is 0 Å². The topological polar surface area (TPSA) is 63.2 Å². The fraction of sp³-hybridized carbons (Fsp3) is 0.385. The number of carbonyl (C=O) groups excluding carboxylic acids is 1. The molecule has 0 aromatic carbocycles. The minimum Gasteiger partial charge on any atom is -0.478 e. The smallest absolute Gasteiger partial charge is 0.242 e. The number of nitrogens with zero attached hydrogens (tertiary/aromatic N) is 1. The first-order valence-electron chi connectivity index (χ1n) is 5.74. The van der Waals surface area contributed by atoms with E-state index < -0.39 is 0 Å². The number of pyridine rings is 1. The molecule has 1 aromatic heterocycles. The van der Waals surface area contributed by atoms with Crippen LogP contribution in [0, 0.1) is 12.3 Å². The maximum Gasteiger partial charge on any atom is 0.242 e. The second-order valence-electron chi connectivity index (χ2n) is 3.61. The number of aromatic nitrogens is 1. The van der Waals surface area contributed by atoms with E-state index >= 15 is 0 Å². The average Bonchev–Trinajstić information content (AvgIpc) is 2.38. The summed E-state index contributed by atoms with van der Waals surface area (Å²) < 4.78 is 5.23. The molecule has 1 atom stereocenters. The molecule has 1 rings (SSSR count). The monoisotopic (exact) mass is 247 g/mol. The average molecular weight is 247 g/mol. The van der Waals surface area contributed by atoms with Crippen molar-refractivity contribution in [2.24, 2.45) is 0 Å². The number of anilines is 1. The Hall–Kier alpha value is -2.22. The molecule has 1 aromatic rings. The quantitative estimate of drug-likeness (QED) is 0.737. The fourth-order valence-electron chi connectivity index (χ4n) is 1.31. The van der Waals surface area contributed by atoms with Gasteiger partial charge >= 0.3 is 0 Å². The second kappa shape index (κ2) is 7.17. The Labute approximate surface area is 107 Å². The lowest BCUT2D eigenvalue weighted by molar-refractivity contribution is -0.121. The molecule has 0 spiro atoms. The highest BCUT2D eigenvalue weighted by Crippen LogP contribution is 2.12. The Morgan fingerprint density at radius 1 is 1.61 bits per heavy atom. The third kappa shape index (κ3) is 4.34. The van der Waals surface area contributed by atoms with Gasteiger partial charge in [-0.1, -0.05) is 5.92 Å². The van der Waals surface area contributed by atoms with Crippen LogP contribution in [0.3, 0.4) is 0 Å². The molecule has 1 unspecified atom stereocenters. The molecule has 1 heterocycles. The predicted octanol–water partition coefficient (Wildman–Crippen LogP) is 1.03. The van der Waals surface area contributed by atoms with Gasteiger partial charge in [-0.15, -0.1) is 6.42 Å². The van der Waals surface area contributed by atoms with Crippen LogP contribution in [-0.4, -0.2) is 30.1 Å². The Bertz CT molecular complexity index is 423. The van der Waals surface area contributed by atoms with E-state index in [4.69, 9.17) is 11.2 Å². The highest BCUT2D eigenvalue weighted by molar-refractivity contribution is 5.84. The summed E-state index contributed by atoms with van der Waals surface area (Å²) >= 11 is 0. The number of nitrogens with one attached hydrogen (secondary N) is 2. The van der Waals surface area contributed by atoms with Crippen LogP contribution < -0.4 is 15.4 Å². The lowest BCUT2D eigenvalue weighted by atomic mass is 10.3. The first kappa shape index (κ1) is 13.8. The van der Waals surface area contributed by atoms with E-state index in [1.807, 2.05) is 13.0 Å². The number of carbonyl (C=O) groups is 1. The van der Waals surface area contributed by atoms with Crippen LogP contribution in [0.4, 0.5) is 5.69 Å². The molecular formula is C13H17N3O2. The van der Waals surface area contributed by atoms with E-state index in [0.717, 1.165) is 5.69 Å². The van der Waals surface area contributed by atoms with E-state index in [1.165, 1.54) is 0 Å². The summed E-state index contributed by atoms with van der Waals surface area (Å²) in [5, 5.41) is 5.62. The van der Waals surface area contributed by atoms with Gasteiger partial charge in [0.05, 0.1) is 25.0 Å². The van der Waals surface area contributed by atoms with Crippen LogP contribution >= 0.6 is 0 Å². The molecule has 1 amide bonds. The molecule has 5 heteroatoms. The van der Waals surface area contributed by atoms with Crippen LogP contribution in [0.1, 0.15) is 13.8 Å². The molecule has 0 bridgehead atoms. The van der Waals surface area contributed by atoms with Crippen molar-refractivity contribution >= 4 is 11.6 Å². The van der Waals surface area contributed by atoms with Gasteiger partial charge in [-0.2, -0.15) is 0 Å². The largest absolute Gasteiger partial charge is 0.478 e. The van der Waals surface area contributed by atoms with E-state index in [1.54, 1.807) is 19.2 Å². The number of hydrogen-bond acceptors (Lipinski definition) is 4. The molecule has 0 fully saturated rings. The summed E-state index contributed by atoms with van der Waals surface area (Å²) in [5.74, 6) is 2.76. The second-order valence-corrected chi connectivity index (χ2v) is 3.61. The van der Waals surface area contributed by atoms with Gasteiger partial charge in [0, 0.05) is 6.07 Å². The first-order valence-corrected chi connectivity index (χ1v) is 5.74. The lowest BCUT2D eigenvalue weighted by Gasteiger charge is -2.14. The summed E-state index contributed by atoms with van der Waals surface area (Å²) in [4.78, 5) is 15.7. The van der Waals surface area contributed by atoms with Crippen molar-refractivity contribution in [2.45, 2.75) is 19.9 Å². The summed E-state index contributed by atoms with van der Waals surface area (Å²) in [6, 6.07) is 3.18. The molecule has 96 valence electrons. The predicted molar refractivity (Wildman–Crippen MR) is 70.3 cm³/mol. The van der Waals surface area contributed by atoms with E-state index in [0.29, 0.717) is 12.5 Å². The van der Waals surface area contributed by atoms with Gasteiger partial charge in [0.25, 0.3) is 0 Å². The molecule has 18 heavy (non-hydrogen) atoms. The van der Waals surface area contributed by atoms with Gasteiger partial charge in [-0.25, -0.2) is 4.98 Å². The zero-order chi connectivity index (χ0) is 13.4. The van der Waals surface area contributed by atoms with Gasteiger partial charge in [-0.05, 0) is 19.9 Å². The van der Waals surface area contributed by atoms with E-state index in [9.17, 15) is 4.79 Å². The van der Waals surface area contributed by atoms with Crippen molar-refractivity contribution in [1.29, 1.82) is 0 Å². The zero-order valence-corrected chi connectivity index (χ0v) is 10.6. The Balaban J connectivity index is 2.51. The Morgan fingerprint density at radius 3 is 2.94 bits per heavy atom. The Kier molecular flexibility index (Phi) is 5.52. The van der Waals surface area contributed by atoms with Crippen LogP contribution in [-0.2, 0) is 4.79 Å². The third-order valence-corrected chi connectivity index (χ3v) is 2.17. The minimum atomic E-state index is -0.377. The summed E-state index contributed by atoms with van der Waals surface area (Å²) in [5.41, 5.74) is 0.752. The first-order chi connectivity index (χ1) is 8.67. The molecule has 0 aliphatic heterocycles. The molecule has 0 aliphatic rings. The maximum absolute atomic E-state index is 11.6. The summed E-state index contributed by atoms with van der Waals surface area (Å²) in [6.45, 7) is 4.45. The van der Waals surface area contributed by atoms with Crippen LogP contribution in [0.5, 0.6) is 5.88 Å². The highest BCUT2D eigenvalue weighted by Gasteiger charge is 2.11. The van der Waals surface area contributed by atoms with Crippen molar-refractivity contribution in [3.05, 3.63) is 18.3 Å². The Morgan fingerprint density at radius 2 is 2.39 bits per heavy atom. The normalized spacial score (nSPS) is 11.2. The standard InChI is InChI=1S/C13H17N3O2/c1-4-8-14-13(17)10(3)16-11-6-7-12(15-9-11)18-5-2/h1,6-7,9-10,16H,5,8H2,2-3H3,(H,14,17). The molecule has 0 saturated carbocycles. The van der Waals surface area contributed by atoms with Crippen molar-refractivity contribution in [3.8, 4) is 18.2 Å². The van der Waals surface area contributed by atoms with Crippen LogP contribution in [0.2, 0.25) is 0 Å². The van der Waals surface area contributed by atoms with Gasteiger partial charge < -0.3 is 15.4 Å². The number of rotatable bonds is 6. The van der Waals surface area contributed by atoms with Crippen molar-refractivity contribution in [2.75, 3.05) is 18.5 Å². The van der Waals surface area contributed by atoms with Gasteiger partial charge in [0.2, 0.25) is 11.8 Å². The number of terminal acetylenes is 1. The third-order valence-electron chi connectivity index (χ3n) is 2.17. The lowest BCUT2D eigenvalue weighted by Crippen LogP contribution is -2.37. The number of amides is 1. The molecule has 0 aliphatic carbocycles. The minimum absolute atomic E-state index is 0.151. The molecule has 0 radical (unpaired) electrons. The van der Waals surface area contributed by atoms with Crippen LogP contribution in [0.15, 0.2) is 18.3 Å². The SMILES string of the molecule is C#CCNC(=O)C(C)Nc1ccc(OCC)nc1. The summed E-state index contributed by atoms with van der Waals surface area (Å²) in [7, 11) is 0. The van der Waals surface area contributed by atoms with Gasteiger partial charge in [-0.3, -0.25) is 4.79 Å². The molecule has 5 nitrogen and oxygen atoms in total. The number of ether oxygens (including phenoxy) is 1.